The van der Waals surface area contributed by atoms with Gasteiger partial charge in [0.15, 0.2) is 14.9 Å². The molecule has 2 aromatic heterocycles. The van der Waals surface area contributed by atoms with E-state index >= 15 is 0 Å². The van der Waals surface area contributed by atoms with Crippen LogP contribution in [0.5, 0.6) is 0 Å². The summed E-state index contributed by atoms with van der Waals surface area (Å²) < 4.78 is 23.5. The van der Waals surface area contributed by atoms with Crippen LogP contribution < -0.4 is 0 Å². The van der Waals surface area contributed by atoms with Gasteiger partial charge < -0.3 is 0 Å². The van der Waals surface area contributed by atoms with E-state index in [1.807, 2.05) is 30.3 Å². The zero-order chi connectivity index (χ0) is 14.2. The molecule has 0 spiro atoms. The zero-order valence-electron chi connectivity index (χ0n) is 10.6. The summed E-state index contributed by atoms with van der Waals surface area (Å²) in [6.45, 7) is 0. The van der Waals surface area contributed by atoms with Crippen molar-refractivity contribution in [2.75, 3.05) is 6.26 Å². The van der Waals surface area contributed by atoms with Gasteiger partial charge in [-0.15, -0.1) is 10.2 Å². The molecule has 20 heavy (non-hydrogen) atoms. The molecule has 0 aliphatic carbocycles. The Hall–Kier alpha value is -2.41. The van der Waals surface area contributed by atoms with Crippen molar-refractivity contribution >= 4 is 20.6 Å². The van der Waals surface area contributed by atoms with Crippen molar-refractivity contribution in [2.24, 2.45) is 0 Å². The molecule has 0 unspecified atom stereocenters. The Bertz CT molecular complexity index is 879. The van der Waals surface area contributed by atoms with Crippen LogP contribution >= 0.6 is 0 Å². The summed E-state index contributed by atoms with van der Waals surface area (Å²) in [4.78, 5) is 0. The number of nitrogens with zero attached hydrogens (tertiary/aromatic N) is 4. The average Bonchev–Trinajstić information content (AvgIpc) is 2.46. The van der Waals surface area contributed by atoms with Gasteiger partial charge in [-0.3, -0.25) is 0 Å². The Labute approximate surface area is 115 Å². The van der Waals surface area contributed by atoms with E-state index in [0.29, 0.717) is 16.5 Å². The summed E-state index contributed by atoms with van der Waals surface area (Å²) >= 11 is 0. The third kappa shape index (κ3) is 2.12. The van der Waals surface area contributed by atoms with Crippen molar-refractivity contribution in [2.45, 2.75) is 5.03 Å². The van der Waals surface area contributed by atoms with Gasteiger partial charge in [-0.25, -0.2) is 8.42 Å². The molecule has 100 valence electrons. The normalized spacial score (nSPS) is 11.7. The molecule has 0 saturated carbocycles. The lowest BCUT2D eigenvalue weighted by Gasteiger charge is -2.07. The van der Waals surface area contributed by atoms with Crippen LogP contribution in [0, 0.1) is 0 Å². The van der Waals surface area contributed by atoms with Crippen LogP contribution in [-0.2, 0) is 9.84 Å². The first-order chi connectivity index (χ1) is 9.57. The van der Waals surface area contributed by atoms with E-state index in [2.05, 4.69) is 20.4 Å². The summed E-state index contributed by atoms with van der Waals surface area (Å²) in [5, 5.41) is 16.4. The van der Waals surface area contributed by atoms with Crippen molar-refractivity contribution in [3.8, 4) is 11.3 Å². The number of aromatic nitrogens is 4. The fourth-order valence-corrected chi connectivity index (χ4v) is 2.72. The number of benzene rings is 1. The lowest BCUT2D eigenvalue weighted by molar-refractivity contribution is 0.597. The second-order valence-corrected chi connectivity index (χ2v) is 6.24. The Balaban J connectivity index is 2.39. The summed E-state index contributed by atoms with van der Waals surface area (Å²) in [6, 6.07) is 9.40. The number of sulfone groups is 1. The van der Waals surface area contributed by atoms with E-state index in [9.17, 15) is 8.42 Å². The van der Waals surface area contributed by atoms with Crippen LogP contribution in [0.2, 0.25) is 0 Å². The molecule has 0 amide bonds. The molecule has 0 radical (unpaired) electrons. The molecule has 0 bridgehead atoms. The van der Waals surface area contributed by atoms with E-state index in [-0.39, 0.29) is 5.03 Å². The van der Waals surface area contributed by atoms with E-state index in [0.717, 1.165) is 11.8 Å². The average molecular weight is 286 g/mol. The molecule has 0 fully saturated rings. The largest absolute Gasteiger partial charge is 0.222 e. The van der Waals surface area contributed by atoms with Gasteiger partial charge in [0.25, 0.3) is 0 Å². The quantitative estimate of drug-likeness (QED) is 0.709. The highest BCUT2D eigenvalue weighted by Crippen LogP contribution is 2.27. The SMILES string of the molecule is CS(=O)(=O)c1nnc(-c2ccccc2)c2cnncc12. The van der Waals surface area contributed by atoms with Crippen LogP contribution in [0.1, 0.15) is 0 Å². The van der Waals surface area contributed by atoms with Crippen LogP contribution in [0.4, 0.5) is 0 Å². The van der Waals surface area contributed by atoms with Gasteiger partial charge in [0.05, 0.1) is 12.4 Å². The van der Waals surface area contributed by atoms with Crippen molar-refractivity contribution in [3.63, 3.8) is 0 Å². The molecule has 0 aliphatic rings. The molecule has 7 heteroatoms. The van der Waals surface area contributed by atoms with Crippen molar-refractivity contribution in [1.29, 1.82) is 0 Å². The molecular weight excluding hydrogens is 276 g/mol. The minimum Gasteiger partial charge on any atom is -0.222 e. The van der Waals surface area contributed by atoms with Gasteiger partial charge in [0, 0.05) is 22.6 Å². The molecule has 0 saturated heterocycles. The predicted octanol–water partition coefficient (Wildman–Crippen LogP) is 1.49. The number of hydrogen-bond acceptors (Lipinski definition) is 6. The summed E-state index contributed by atoms with van der Waals surface area (Å²) in [7, 11) is -3.47. The van der Waals surface area contributed by atoms with E-state index < -0.39 is 9.84 Å². The third-order valence-electron chi connectivity index (χ3n) is 2.86. The Morgan fingerprint density at radius 2 is 1.55 bits per heavy atom. The fourth-order valence-electron chi connectivity index (χ4n) is 1.97. The molecule has 3 aromatic rings. The predicted molar refractivity (Wildman–Crippen MR) is 73.7 cm³/mol. The monoisotopic (exact) mass is 286 g/mol. The summed E-state index contributed by atoms with van der Waals surface area (Å²) in [6.07, 6.45) is 3.99. The minimum atomic E-state index is -3.47. The molecule has 3 rings (SSSR count). The molecule has 0 atom stereocenters. The van der Waals surface area contributed by atoms with Crippen LogP contribution in [0.25, 0.3) is 22.0 Å². The first kappa shape index (κ1) is 12.6. The maximum Gasteiger partial charge on any atom is 0.195 e. The van der Waals surface area contributed by atoms with Gasteiger partial charge in [-0.05, 0) is 0 Å². The molecule has 0 N–H and O–H groups in total. The standard InChI is InChI=1S/C13H10N4O2S/c1-20(18,19)13-11-8-15-14-7-10(11)12(16-17-13)9-5-3-2-4-6-9/h2-8H,1H3. The van der Waals surface area contributed by atoms with Gasteiger partial charge in [-0.2, -0.15) is 10.2 Å². The van der Waals surface area contributed by atoms with E-state index in [1.165, 1.54) is 12.4 Å². The lowest BCUT2D eigenvalue weighted by Crippen LogP contribution is -2.05. The van der Waals surface area contributed by atoms with Gasteiger partial charge in [0.1, 0.15) is 5.69 Å². The van der Waals surface area contributed by atoms with E-state index in [1.54, 1.807) is 0 Å². The number of fused-ring (bicyclic) bond motifs is 1. The number of rotatable bonds is 2. The summed E-state index contributed by atoms with van der Waals surface area (Å²) in [5.74, 6) is 0. The van der Waals surface area contributed by atoms with Crippen LogP contribution in [0.3, 0.4) is 0 Å². The highest BCUT2D eigenvalue weighted by atomic mass is 32.2. The maximum atomic E-state index is 11.7. The van der Waals surface area contributed by atoms with E-state index in [4.69, 9.17) is 0 Å². The Morgan fingerprint density at radius 1 is 0.900 bits per heavy atom. The van der Waals surface area contributed by atoms with Gasteiger partial charge >= 0.3 is 0 Å². The molecular formula is C13H10N4O2S. The van der Waals surface area contributed by atoms with Crippen molar-refractivity contribution < 1.29 is 8.42 Å². The topological polar surface area (TPSA) is 85.7 Å². The Kier molecular flexibility index (Phi) is 2.90. The Morgan fingerprint density at radius 3 is 2.20 bits per heavy atom. The molecule has 1 aromatic carbocycles. The summed E-state index contributed by atoms with van der Waals surface area (Å²) in [5.41, 5.74) is 1.43. The smallest absolute Gasteiger partial charge is 0.195 e. The second kappa shape index (κ2) is 4.61. The number of hydrogen-bond donors (Lipinski definition) is 0. The van der Waals surface area contributed by atoms with Crippen LogP contribution in [0.15, 0.2) is 47.8 Å². The molecule has 0 aliphatic heterocycles. The zero-order valence-corrected chi connectivity index (χ0v) is 11.4. The minimum absolute atomic E-state index is 0.0814. The highest BCUT2D eigenvalue weighted by molar-refractivity contribution is 7.90. The van der Waals surface area contributed by atoms with Crippen LogP contribution in [-0.4, -0.2) is 35.1 Å². The highest BCUT2D eigenvalue weighted by Gasteiger charge is 2.18. The maximum absolute atomic E-state index is 11.7. The second-order valence-electron chi connectivity index (χ2n) is 4.31. The third-order valence-corrected chi connectivity index (χ3v) is 3.86. The van der Waals surface area contributed by atoms with Gasteiger partial charge in [0.2, 0.25) is 0 Å². The first-order valence-electron chi connectivity index (χ1n) is 5.80. The van der Waals surface area contributed by atoms with Gasteiger partial charge in [-0.1, -0.05) is 30.3 Å². The first-order valence-corrected chi connectivity index (χ1v) is 7.69. The van der Waals surface area contributed by atoms with Crippen molar-refractivity contribution in [3.05, 3.63) is 42.7 Å². The molecule has 2 heterocycles. The molecule has 6 nitrogen and oxygen atoms in total. The fraction of sp³-hybridized carbons (Fsp3) is 0.0769. The lowest BCUT2D eigenvalue weighted by atomic mass is 10.1. The van der Waals surface area contributed by atoms with Crippen molar-refractivity contribution in [1.82, 2.24) is 20.4 Å².